The van der Waals surface area contributed by atoms with E-state index in [0.29, 0.717) is 6.42 Å². The maximum absolute atomic E-state index is 13.8. The number of nitrogens with one attached hydrogen (secondary N) is 2. The van der Waals surface area contributed by atoms with E-state index < -0.39 is 54.0 Å². The topological polar surface area (TPSA) is 157 Å². The average molecular weight is 581 g/mol. The van der Waals surface area contributed by atoms with Gasteiger partial charge in [-0.2, -0.15) is 17.6 Å². The molecule has 0 saturated heterocycles. The number of carbonyl (C=O) groups is 3. The number of amides is 3. The van der Waals surface area contributed by atoms with Gasteiger partial charge in [0, 0.05) is 38.3 Å². The van der Waals surface area contributed by atoms with Crippen LogP contribution < -0.4 is 27.8 Å². The Hall–Kier alpha value is -3.55. The van der Waals surface area contributed by atoms with Crippen LogP contribution in [0.4, 0.5) is 23.2 Å². The molecule has 13 heteroatoms. The standard InChI is InChI=1S/C28H36F4N6O3/c29-27(30)17-21(28(27,31)32)19-7-9-20(10-8-19)36-26(41)23(11-6-18-4-2-1-3-5-18)37-25(40)22(35)16-24(39)38(14-12-33)15-13-34/h1-5,7-10,21-23H,6,11-17,33-35H2,(H,36,41)(H,37,40). The summed E-state index contributed by atoms with van der Waals surface area (Å²) in [5.41, 5.74) is 18.2. The second-order valence-electron chi connectivity index (χ2n) is 10.0. The highest BCUT2D eigenvalue weighted by Gasteiger charge is 2.71. The Morgan fingerprint density at radius 1 is 0.927 bits per heavy atom. The highest BCUT2D eigenvalue weighted by Crippen LogP contribution is 2.59. The third-order valence-electron chi connectivity index (χ3n) is 7.05. The minimum atomic E-state index is -4.14. The quantitative estimate of drug-likeness (QED) is 0.215. The number of rotatable bonds is 14. The number of hydrogen-bond acceptors (Lipinski definition) is 6. The van der Waals surface area contributed by atoms with Gasteiger partial charge in [-0.1, -0.05) is 42.5 Å². The van der Waals surface area contributed by atoms with Crippen LogP contribution in [0.25, 0.3) is 0 Å². The van der Waals surface area contributed by atoms with E-state index in [1.54, 1.807) is 0 Å². The number of anilines is 1. The Bertz CT molecular complexity index is 1180. The molecule has 2 aromatic carbocycles. The van der Waals surface area contributed by atoms with Crippen LogP contribution in [0.2, 0.25) is 0 Å². The lowest BCUT2D eigenvalue weighted by Gasteiger charge is -2.44. The molecule has 2 aromatic rings. The molecule has 0 heterocycles. The molecule has 0 aliphatic heterocycles. The van der Waals surface area contributed by atoms with E-state index in [0.717, 1.165) is 5.56 Å². The summed E-state index contributed by atoms with van der Waals surface area (Å²) in [6.07, 6.45) is -0.655. The lowest BCUT2D eigenvalue weighted by atomic mass is 9.72. The summed E-state index contributed by atoms with van der Waals surface area (Å²) in [6, 6.07) is 12.1. The monoisotopic (exact) mass is 580 g/mol. The Balaban J connectivity index is 1.67. The second kappa shape index (κ2) is 13.9. The van der Waals surface area contributed by atoms with Crippen molar-refractivity contribution in [3.8, 4) is 0 Å². The minimum absolute atomic E-state index is 0.0295. The van der Waals surface area contributed by atoms with Gasteiger partial charge in [-0.15, -0.1) is 0 Å². The second-order valence-corrected chi connectivity index (χ2v) is 10.0. The van der Waals surface area contributed by atoms with Crippen LogP contribution in [0.1, 0.15) is 36.3 Å². The van der Waals surface area contributed by atoms with Crippen LogP contribution in [0.15, 0.2) is 54.6 Å². The molecule has 3 unspecified atom stereocenters. The van der Waals surface area contributed by atoms with Crippen LogP contribution in [-0.2, 0) is 20.8 Å². The Morgan fingerprint density at radius 3 is 2.07 bits per heavy atom. The maximum Gasteiger partial charge on any atom is 0.317 e. The third kappa shape index (κ3) is 8.02. The molecule has 0 bridgehead atoms. The Kier molecular flexibility index (Phi) is 10.8. The molecule has 3 rings (SSSR count). The van der Waals surface area contributed by atoms with Crippen molar-refractivity contribution < 1.29 is 31.9 Å². The predicted octanol–water partition coefficient (Wildman–Crippen LogP) is 1.96. The Labute approximate surface area is 235 Å². The zero-order chi connectivity index (χ0) is 30.2. The SMILES string of the molecule is NCCN(CCN)C(=O)CC(N)C(=O)NC(CCc1ccccc1)C(=O)Nc1ccc(C2CC(F)(F)C2(F)F)cc1. The van der Waals surface area contributed by atoms with Gasteiger partial charge in [0.05, 0.1) is 18.4 Å². The smallest absolute Gasteiger partial charge is 0.317 e. The first kappa shape index (κ1) is 32.0. The zero-order valence-corrected chi connectivity index (χ0v) is 22.5. The molecule has 0 aromatic heterocycles. The molecular formula is C28H36F4N6O3. The molecule has 1 aliphatic rings. The largest absolute Gasteiger partial charge is 0.343 e. The van der Waals surface area contributed by atoms with Crippen molar-refractivity contribution in [1.29, 1.82) is 0 Å². The molecule has 1 saturated carbocycles. The third-order valence-corrected chi connectivity index (χ3v) is 7.05. The van der Waals surface area contributed by atoms with E-state index in [1.807, 2.05) is 30.3 Å². The number of halogens is 4. The van der Waals surface area contributed by atoms with E-state index >= 15 is 0 Å². The van der Waals surface area contributed by atoms with Gasteiger partial charge < -0.3 is 32.7 Å². The molecule has 1 fully saturated rings. The van der Waals surface area contributed by atoms with Crippen molar-refractivity contribution in [2.45, 2.75) is 55.5 Å². The van der Waals surface area contributed by atoms with Gasteiger partial charge in [0.2, 0.25) is 17.7 Å². The van der Waals surface area contributed by atoms with Crippen molar-refractivity contribution in [1.82, 2.24) is 10.2 Å². The fourth-order valence-electron chi connectivity index (χ4n) is 4.59. The zero-order valence-electron chi connectivity index (χ0n) is 22.5. The van der Waals surface area contributed by atoms with Gasteiger partial charge >= 0.3 is 11.8 Å². The summed E-state index contributed by atoms with van der Waals surface area (Å²) >= 11 is 0. The number of benzene rings is 2. The lowest BCUT2D eigenvalue weighted by Crippen LogP contribution is -2.56. The molecule has 0 radical (unpaired) electrons. The van der Waals surface area contributed by atoms with Crippen LogP contribution >= 0.6 is 0 Å². The number of carbonyl (C=O) groups excluding carboxylic acids is 3. The summed E-state index contributed by atoms with van der Waals surface area (Å²) < 4.78 is 54.1. The molecule has 3 amide bonds. The summed E-state index contributed by atoms with van der Waals surface area (Å²) in [6.45, 7) is 0.940. The van der Waals surface area contributed by atoms with Gasteiger partial charge in [-0.05, 0) is 36.1 Å². The van der Waals surface area contributed by atoms with E-state index in [9.17, 15) is 31.9 Å². The summed E-state index contributed by atoms with van der Waals surface area (Å²) in [5, 5.41) is 5.23. The summed E-state index contributed by atoms with van der Waals surface area (Å²) in [7, 11) is 0. The first-order valence-electron chi connectivity index (χ1n) is 13.3. The molecule has 1 aliphatic carbocycles. The average Bonchev–Trinajstić information content (AvgIpc) is 2.94. The van der Waals surface area contributed by atoms with Crippen molar-refractivity contribution >= 4 is 23.4 Å². The fraction of sp³-hybridized carbons (Fsp3) is 0.464. The molecule has 224 valence electrons. The molecule has 41 heavy (non-hydrogen) atoms. The number of alkyl halides is 4. The maximum atomic E-state index is 13.8. The van der Waals surface area contributed by atoms with Crippen molar-refractivity contribution in [2.24, 2.45) is 17.2 Å². The minimum Gasteiger partial charge on any atom is -0.343 e. The van der Waals surface area contributed by atoms with Crippen LogP contribution in [0, 0.1) is 0 Å². The van der Waals surface area contributed by atoms with Crippen molar-refractivity contribution in [3.05, 3.63) is 65.7 Å². The van der Waals surface area contributed by atoms with E-state index in [-0.39, 0.29) is 50.3 Å². The van der Waals surface area contributed by atoms with Gasteiger partial charge in [0.25, 0.3) is 0 Å². The number of aryl methyl sites for hydroxylation is 1. The molecule has 8 N–H and O–H groups in total. The van der Waals surface area contributed by atoms with Gasteiger partial charge in [0.15, 0.2) is 0 Å². The highest BCUT2D eigenvalue weighted by atomic mass is 19.3. The molecule has 0 spiro atoms. The number of nitrogens with two attached hydrogens (primary N) is 3. The van der Waals surface area contributed by atoms with E-state index in [4.69, 9.17) is 17.2 Å². The molecular weight excluding hydrogens is 544 g/mol. The first-order valence-corrected chi connectivity index (χ1v) is 13.3. The van der Waals surface area contributed by atoms with E-state index in [1.165, 1.54) is 29.2 Å². The van der Waals surface area contributed by atoms with Crippen molar-refractivity contribution in [2.75, 3.05) is 31.5 Å². The van der Waals surface area contributed by atoms with Crippen LogP contribution in [0.3, 0.4) is 0 Å². The van der Waals surface area contributed by atoms with Crippen LogP contribution in [-0.4, -0.2) is 72.7 Å². The number of hydrogen-bond donors (Lipinski definition) is 5. The normalized spacial score (nSPS) is 18.5. The van der Waals surface area contributed by atoms with Crippen molar-refractivity contribution in [3.63, 3.8) is 0 Å². The van der Waals surface area contributed by atoms with Gasteiger partial charge in [-0.3, -0.25) is 14.4 Å². The first-order chi connectivity index (χ1) is 19.4. The summed E-state index contributed by atoms with van der Waals surface area (Å²) in [4.78, 5) is 40.1. The molecule has 9 nitrogen and oxygen atoms in total. The summed E-state index contributed by atoms with van der Waals surface area (Å²) in [5.74, 6) is -11.5. The lowest BCUT2D eigenvalue weighted by molar-refractivity contribution is -0.290. The molecule has 3 atom stereocenters. The highest BCUT2D eigenvalue weighted by molar-refractivity contribution is 5.98. The van der Waals surface area contributed by atoms with Gasteiger partial charge in [0.1, 0.15) is 6.04 Å². The predicted molar refractivity (Wildman–Crippen MR) is 146 cm³/mol. The number of nitrogens with zero attached hydrogens (tertiary/aromatic N) is 1. The van der Waals surface area contributed by atoms with E-state index in [2.05, 4.69) is 10.6 Å². The Morgan fingerprint density at radius 2 is 1.54 bits per heavy atom. The van der Waals surface area contributed by atoms with Gasteiger partial charge in [-0.25, -0.2) is 0 Å². The fourth-order valence-corrected chi connectivity index (χ4v) is 4.59. The van der Waals surface area contributed by atoms with Crippen LogP contribution in [0.5, 0.6) is 0 Å².